The number of nitrogens with one attached hydrogen (secondary N) is 1. The molecule has 0 unspecified atom stereocenters. The van der Waals surface area contributed by atoms with Gasteiger partial charge in [0, 0.05) is 24.4 Å². The van der Waals surface area contributed by atoms with E-state index in [0.29, 0.717) is 11.1 Å². The van der Waals surface area contributed by atoms with Crippen molar-refractivity contribution in [2.45, 2.75) is 6.61 Å². The Balaban J connectivity index is 1.90. The molecule has 0 fully saturated rings. The molecule has 0 saturated carbocycles. The number of hydrogen-bond acceptors (Lipinski definition) is 5. The molecule has 0 bridgehead atoms. The molecule has 1 aromatic heterocycles. The Morgan fingerprint density at radius 2 is 1.81 bits per heavy atom. The zero-order valence-electron chi connectivity index (χ0n) is 13.5. The fraction of sp³-hybridized carbons (Fsp3) is 0.0526. The molecule has 0 aliphatic heterocycles. The maximum absolute atomic E-state index is 12.3. The number of nitro groups is 1. The minimum absolute atomic E-state index is 0.0658. The Kier molecular flexibility index (Phi) is 4.89. The zero-order valence-corrected chi connectivity index (χ0v) is 13.5. The third kappa shape index (κ3) is 4.02. The lowest BCUT2D eigenvalue weighted by Crippen LogP contribution is -2.07. The van der Waals surface area contributed by atoms with Gasteiger partial charge in [0.25, 0.3) is 5.69 Å². The van der Waals surface area contributed by atoms with Crippen LogP contribution in [0, 0.1) is 10.1 Å². The number of H-pyrrole nitrogens is 1. The van der Waals surface area contributed by atoms with E-state index in [9.17, 15) is 19.7 Å². The Morgan fingerprint density at radius 1 is 1.04 bits per heavy atom. The van der Waals surface area contributed by atoms with Crippen LogP contribution < -0.4 is 5.56 Å². The Hall–Kier alpha value is -3.74. The molecule has 2 aromatic carbocycles. The number of nitrogens with zero attached hydrogens (tertiary/aromatic N) is 1. The summed E-state index contributed by atoms with van der Waals surface area (Å²) in [7, 11) is 0. The molecule has 0 atom stereocenters. The van der Waals surface area contributed by atoms with Crippen LogP contribution in [0.5, 0.6) is 0 Å². The number of esters is 1. The van der Waals surface area contributed by atoms with Gasteiger partial charge in [0.05, 0.1) is 10.5 Å². The van der Waals surface area contributed by atoms with E-state index in [1.165, 1.54) is 36.5 Å². The van der Waals surface area contributed by atoms with Crippen LogP contribution in [0.25, 0.3) is 11.1 Å². The van der Waals surface area contributed by atoms with E-state index in [2.05, 4.69) is 4.98 Å². The first-order valence-corrected chi connectivity index (χ1v) is 7.72. The van der Waals surface area contributed by atoms with Crippen LogP contribution in [-0.4, -0.2) is 15.9 Å². The Morgan fingerprint density at radius 3 is 2.46 bits per heavy atom. The van der Waals surface area contributed by atoms with E-state index >= 15 is 0 Å². The lowest BCUT2D eigenvalue weighted by Gasteiger charge is -2.07. The van der Waals surface area contributed by atoms with Gasteiger partial charge in [-0.1, -0.05) is 30.3 Å². The van der Waals surface area contributed by atoms with Crippen LogP contribution in [0.2, 0.25) is 0 Å². The van der Waals surface area contributed by atoms with E-state index in [-0.39, 0.29) is 23.4 Å². The summed E-state index contributed by atoms with van der Waals surface area (Å²) in [6, 6.07) is 16.0. The van der Waals surface area contributed by atoms with Crippen molar-refractivity contribution in [3.05, 3.63) is 98.5 Å². The van der Waals surface area contributed by atoms with Gasteiger partial charge in [-0.15, -0.1) is 0 Å². The minimum atomic E-state index is -0.664. The van der Waals surface area contributed by atoms with Crippen molar-refractivity contribution in [1.82, 2.24) is 4.98 Å². The number of carbonyl (C=O) groups is 1. The third-order valence-electron chi connectivity index (χ3n) is 3.69. The highest BCUT2D eigenvalue weighted by Gasteiger charge is 2.16. The van der Waals surface area contributed by atoms with Crippen molar-refractivity contribution in [1.29, 1.82) is 0 Å². The molecular weight excluding hydrogens is 336 g/mol. The average molecular weight is 350 g/mol. The predicted octanol–water partition coefficient (Wildman–Crippen LogP) is 3.31. The van der Waals surface area contributed by atoms with Crippen LogP contribution in [0.4, 0.5) is 5.69 Å². The molecule has 130 valence electrons. The average Bonchev–Trinajstić information content (AvgIpc) is 2.67. The zero-order chi connectivity index (χ0) is 18.5. The van der Waals surface area contributed by atoms with E-state index < -0.39 is 10.9 Å². The summed E-state index contributed by atoms with van der Waals surface area (Å²) in [5, 5.41) is 11.2. The highest BCUT2D eigenvalue weighted by Crippen LogP contribution is 2.26. The summed E-state index contributed by atoms with van der Waals surface area (Å²) >= 11 is 0. The van der Waals surface area contributed by atoms with Crippen molar-refractivity contribution < 1.29 is 14.5 Å². The molecule has 7 nitrogen and oxygen atoms in total. The van der Waals surface area contributed by atoms with Gasteiger partial charge >= 0.3 is 5.97 Å². The van der Waals surface area contributed by atoms with Gasteiger partial charge in [-0.25, -0.2) is 4.79 Å². The van der Waals surface area contributed by atoms with Crippen LogP contribution >= 0.6 is 0 Å². The highest BCUT2D eigenvalue weighted by molar-refractivity contribution is 5.92. The predicted molar refractivity (Wildman–Crippen MR) is 94.7 cm³/mol. The first kappa shape index (κ1) is 17.1. The van der Waals surface area contributed by atoms with Crippen LogP contribution in [-0.2, 0) is 11.3 Å². The molecule has 0 aliphatic carbocycles. The summed E-state index contributed by atoms with van der Waals surface area (Å²) in [4.78, 5) is 36.6. The largest absolute Gasteiger partial charge is 0.457 e. The van der Waals surface area contributed by atoms with Crippen LogP contribution in [0.3, 0.4) is 0 Å². The number of hydrogen-bond donors (Lipinski definition) is 1. The molecule has 0 amide bonds. The second-order valence-corrected chi connectivity index (χ2v) is 5.53. The quantitative estimate of drug-likeness (QED) is 0.432. The van der Waals surface area contributed by atoms with Crippen LogP contribution in [0.1, 0.15) is 15.9 Å². The lowest BCUT2D eigenvalue weighted by atomic mass is 10.0. The molecule has 26 heavy (non-hydrogen) atoms. The highest BCUT2D eigenvalue weighted by atomic mass is 16.6. The van der Waals surface area contributed by atoms with E-state index in [1.54, 1.807) is 0 Å². The summed E-state index contributed by atoms with van der Waals surface area (Å²) < 4.78 is 5.24. The molecule has 0 radical (unpaired) electrons. The fourth-order valence-electron chi connectivity index (χ4n) is 2.40. The van der Waals surface area contributed by atoms with E-state index in [4.69, 9.17) is 4.74 Å². The number of aromatic amines is 1. The standard InChI is InChI=1S/C19H14N2O5/c22-18-7-6-14(11-20-18)15-8-16(10-17(9-15)21(24)25)19(23)26-12-13-4-2-1-3-5-13/h1-11H,12H2,(H,20,22). The normalized spacial score (nSPS) is 10.3. The molecular formula is C19H14N2O5. The first-order chi connectivity index (χ1) is 12.5. The van der Waals surface area contributed by atoms with Gasteiger partial charge in [0.2, 0.25) is 5.56 Å². The smallest absolute Gasteiger partial charge is 0.338 e. The monoisotopic (exact) mass is 350 g/mol. The SMILES string of the molecule is O=C(OCc1ccccc1)c1cc(-c2ccc(=O)[nH]c2)cc([N+](=O)[O-])c1. The van der Waals surface area contributed by atoms with Crippen molar-refractivity contribution >= 4 is 11.7 Å². The molecule has 0 aliphatic rings. The second-order valence-electron chi connectivity index (χ2n) is 5.53. The number of carbonyl (C=O) groups excluding carboxylic acids is 1. The van der Waals surface area contributed by atoms with Crippen molar-refractivity contribution in [2.24, 2.45) is 0 Å². The second kappa shape index (κ2) is 7.43. The minimum Gasteiger partial charge on any atom is -0.457 e. The third-order valence-corrected chi connectivity index (χ3v) is 3.69. The summed E-state index contributed by atoms with van der Waals surface area (Å²) in [5.74, 6) is -0.664. The number of nitro benzene ring substituents is 1. The molecule has 0 spiro atoms. The topological polar surface area (TPSA) is 102 Å². The van der Waals surface area contributed by atoms with Crippen molar-refractivity contribution in [3.63, 3.8) is 0 Å². The molecule has 3 rings (SSSR count). The van der Waals surface area contributed by atoms with Gasteiger partial charge in [0.15, 0.2) is 0 Å². The summed E-state index contributed by atoms with van der Waals surface area (Å²) in [6.45, 7) is 0.0658. The molecule has 3 aromatic rings. The van der Waals surface area contributed by atoms with Crippen LogP contribution in [0.15, 0.2) is 71.7 Å². The maximum Gasteiger partial charge on any atom is 0.338 e. The van der Waals surface area contributed by atoms with Gasteiger partial charge in [-0.3, -0.25) is 14.9 Å². The number of rotatable bonds is 5. The van der Waals surface area contributed by atoms with Gasteiger partial charge in [-0.2, -0.15) is 0 Å². The Bertz CT molecular complexity index is 991. The van der Waals surface area contributed by atoms with Gasteiger partial charge < -0.3 is 9.72 Å². The van der Waals surface area contributed by atoms with Crippen molar-refractivity contribution in [2.75, 3.05) is 0 Å². The number of benzene rings is 2. The number of pyridine rings is 1. The van der Waals surface area contributed by atoms with E-state index in [0.717, 1.165) is 5.56 Å². The summed E-state index contributed by atoms with van der Waals surface area (Å²) in [6.07, 6.45) is 1.43. The molecule has 7 heteroatoms. The van der Waals surface area contributed by atoms with Gasteiger partial charge in [0.1, 0.15) is 6.61 Å². The fourth-order valence-corrected chi connectivity index (χ4v) is 2.40. The van der Waals surface area contributed by atoms with Gasteiger partial charge in [-0.05, 0) is 28.8 Å². The molecule has 1 N–H and O–H groups in total. The first-order valence-electron chi connectivity index (χ1n) is 7.72. The van der Waals surface area contributed by atoms with E-state index in [1.807, 2.05) is 30.3 Å². The van der Waals surface area contributed by atoms with Crippen molar-refractivity contribution in [3.8, 4) is 11.1 Å². The lowest BCUT2D eigenvalue weighted by molar-refractivity contribution is -0.384. The summed E-state index contributed by atoms with van der Waals surface area (Å²) in [5.41, 5.74) is 1.33. The molecule has 0 saturated heterocycles. The Labute approximate surface area is 148 Å². The number of ether oxygens (including phenoxy) is 1. The number of non-ortho nitro benzene ring substituents is 1. The maximum atomic E-state index is 12.3. The number of aromatic nitrogens is 1. The molecule has 1 heterocycles.